The summed E-state index contributed by atoms with van der Waals surface area (Å²) in [5.74, 6) is 5.41. The number of ketones is 1. The highest BCUT2D eigenvalue weighted by Gasteiger charge is 2.61. The Morgan fingerprint density at radius 1 is 0.870 bits per heavy atom. The first-order valence-corrected chi connectivity index (χ1v) is 10.4. The second-order valence-corrected chi connectivity index (χ2v) is 10.2. The van der Waals surface area contributed by atoms with Gasteiger partial charge in [0.2, 0.25) is 0 Å². The third-order valence-corrected chi connectivity index (χ3v) is 9.43. The Kier molecular flexibility index (Phi) is 3.75. The Hall–Kier alpha value is -0.330. The Bertz CT molecular complexity index is 496. The molecule has 0 saturated heterocycles. The van der Waals surface area contributed by atoms with Crippen molar-refractivity contribution in [2.75, 3.05) is 0 Å². The number of carbonyl (C=O) groups excluding carboxylic acids is 1. The van der Waals surface area contributed by atoms with Crippen LogP contribution in [0.5, 0.6) is 0 Å². The highest BCUT2D eigenvalue weighted by atomic mass is 16.1. The molecule has 0 aromatic heterocycles. The summed E-state index contributed by atoms with van der Waals surface area (Å²) in [5.41, 5.74) is 0.931. The van der Waals surface area contributed by atoms with Crippen molar-refractivity contribution in [3.8, 4) is 0 Å². The van der Waals surface area contributed by atoms with E-state index in [1.807, 2.05) is 6.92 Å². The van der Waals surface area contributed by atoms with Gasteiger partial charge in [-0.25, -0.2) is 0 Å². The molecular weight excluding hydrogens is 280 g/mol. The molecule has 0 amide bonds. The molecule has 0 N–H and O–H groups in total. The minimum atomic E-state index is 0.324. The molecule has 23 heavy (non-hydrogen) atoms. The molecule has 4 aliphatic carbocycles. The Morgan fingerprint density at radius 2 is 1.61 bits per heavy atom. The second-order valence-electron chi connectivity index (χ2n) is 10.2. The van der Waals surface area contributed by atoms with Crippen LogP contribution in [0.2, 0.25) is 0 Å². The van der Waals surface area contributed by atoms with Gasteiger partial charge in [0.1, 0.15) is 5.78 Å². The van der Waals surface area contributed by atoms with Crippen LogP contribution in [0, 0.1) is 46.3 Å². The van der Waals surface area contributed by atoms with Crippen molar-refractivity contribution < 1.29 is 4.79 Å². The molecular formula is C22H36O. The van der Waals surface area contributed by atoms with E-state index in [9.17, 15) is 4.79 Å². The molecule has 8 atom stereocenters. The summed E-state index contributed by atoms with van der Waals surface area (Å²) in [6.45, 7) is 9.54. The first kappa shape index (κ1) is 16.2. The fourth-order valence-corrected chi connectivity index (χ4v) is 8.48. The largest absolute Gasteiger partial charge is 0.300 e. The number of rotatable bonds is 1. The minimum absolute atomic E-state index is 0.324. The molecule has 0 aliphatic heterocycles. The first-order chi connectivity index (χ1) is 10.9. The maximum atomic E-state index is 12.2. The fourth-order valence-electron chi connectivity index (χ4n) is 8.48. The van der Waals surface area contributed by atoms with Crippen LogP contribution in [-0.4, -0.2) is 5.78 Å². The van der Waals surface area contributed by atoms with E-state index in [0.717, 1.165) is 29.6 Å². The van der Waals surface area contributed by atoms with Crippen molar-refractivity contribution in [3.63, 3.8) is 0 Å². The molecule has 1 heteroatoms. The highest BCUT2D eigenvalue weighted by molar-refractivity contribution is 5.79. The fraction of sp³-hybridized carbons (Fsp3) is 0.955. The Morgan fingerprint density at radius 3 is 2.35 bits per heavy atom. The van der Waals surface area contributed by atoms with Crippen molar-refractivity contribution in [3.05, 3.63) is 0 Å². The van der Waals surface area contributed by atoms with Crippen molar-refractivity contribution in [2.45, 2.75) is 85.5 Å². The van der Waals surface area contributed by atoms with Gasteiger partial charge in [0, 0.05) is 5.92 Å². The van der Waals surface area contributed by atoms with E-state index in [2.05, 4.69) is 20.8 Å². The highest BCUT2D eigenvalue weighted by Crippen LogP contribution is 2.68. The van der Waals surface area contributed by atoms with Gasteiger partial charge in [-0.05, 0) is 92.3 Å². The number of carbonyl (C=O) groups is 1. The smallest absolute Gasteiger partial charge is 0.133 e. The van der Waals surface area contributed by atoms with Gasteiger partial charge in [0.15, 0.2) is 0 Å². The molecule has 0 unspecified atom stereocenters. The van der Waals surface area contributed by atoms with Crippen molar-refractivity contribution in [1.29, 1.82) is 0 Å². The van der Waals surface area contributed by atoms with E-state index in [-0.39, 0.29) is 0 Å². The third kappa shape index (κ3) is 2.13. The lowest BCUT2D eigenvalue weighted by Gasteiger charge is -2.62. The maximum Gasteiger partial charge on any atom is 0.133 e. The molecule has 0 radical (unpaired) electrons. The standard InChI is InChI=1S/C22H36O/c1-14-13-16-19-9-8-18(15(2)23)22(19,4)12-10-20(16)21(3)11-6-5-7-17(14)21/h14,16-20H,5-13H2,1-4H3/t14-,16-,17+,18+,19-,20-,21-,22+/m0/s1. The van der Waals surface area contributed by atoms with Gasteiger partial charge in [0.05, 0.1) is 0 Å². The van der Waals surface area contributed by atoms with Crippen LogP contribution in [0.4, 0.5) is 0 Å². The van der Waals surface area contributed by atoms with Crippen LogP contribution >= 0.6 is 0 Å². The maximum absolute atomic E-state index is 12.2. The Labute approximate surface area is 143 Å². The number of hydrogen-bond acceptors (Lipinski definition) is 1. The molecule has 4 aliphatic rings. The predicted octanol–water partition coefficient (Wildman–Crippen LogP) is 5.87. The summed E-state index contributed by atoms with van der Waals surface area (Å²) in [4.78, 5) is 12.2. The van der Waals surface area contributed by atoms with E-state index in [1.54, 1.807) is 0 Å². The normalized spacial score (nSPS) is 55.7. The topological polar surface area (TPSA) is 17.1 Å². The molecule has 0 bridgehead atoms. The SMILES string of the molecule is CC(=O)[C@H]1CC[C@H]2[C@@H]3C[C@H](C)[C@H]4CCCC[C@]4(C)[C@H]3CC[C@]12C. The van der Waals surface area contributed by atoms with E-state index < -0.39 is 0 Å². The number of Topliss-reactive ketones (excluding diaryl/α,β-unsaturated/α-hetero) is 1. The molecule has 0 aromatic rings. The first-order valence-electron chi connectivity index (χ1n) is 10.4. The van der Waals surface area contributed by atoms with Crippen LogP contribution in [0.15, 0.2) is 0 Å². The lowest BCUT2D eigenvalue weighted by molar-refractivity contribution is -0.141. The van der Waals surface area contributed by atoms with Gasteiger partial charge in [0.25, 0.3) is 0 Å². The van der Waals surface area contributed by atoms with E-state index in [1.165, 1.54) is 57.8 Å². The zero-order valence-electron chi connectivity index (χ0n) is 15.7. The lowest BCUT2D eigenvalue weighted by Crippen LogP contribution is -2.55. The molecule has 4 saturated carbocycles. The van der Waals surface area contributed by atoms with Crippen LogP contribution in [0.1, 0.15) is 85.5 Å². The summed E-state index contributed by atoms with van der Waals surface area (Å²) < 4.78 is 0. The summed E-state index contributed by atoms with van der Waals surface area (Å²) in [6, 6.07) is 0. The molecule has 1 nitrogen and oxygen atoms in total. The van der Waals surface area contributed by atoms with Gasteiger partial charge in [-0.3, -0.25) is 4.79 Å². The zero-order chi connectivity index (χ0) is 16.4. The summed E-state index contributed by atoms with van der Waals surface area (Å²) in [6.07, 6.45) is 12.6. The summed E-state index contributed by atoms with van der Waals surface area (Å²) in [5, 5.41) is 0. The van der Waals surface area contributed by atoms with Crippen LogP contribution in [0.3, 0.4) is 0 Å². The van der Waals surface area contributed by atoms with E-state index >= 15 is 0 Å². The third-order valence-electron chi connectivity index (χ3n) is 9.43. The van der Waals surface area contributed by atoms with Gasteiger partial charge >= 0.3 is 0 Å². The summed E-state index contributed by atoms with van der Waals surface area (Å²) in [7, 11) is 0. The van der Waals surface area contributed by atoms with Gasteiger partial charge in [-0.1, -0.05) is 33.6 Å². The van der Waals surface area contributed by atoms with Gasteiger partial charge < -0.3 is 0 Å². The second kappa shape index (κ2) is 5.33. The molecule has 0 heterocycles. The molecule has 0 aromatic carbocycles. The molecule has 4 fully saturated rings. The van der Waals surface area contributed by atoms with Crippen LogP contribution < -0.4 is 0 Å². The van der Waals surface area contributed by atoms with Gasteiger partial charge in [-0.2, -0.15) is 0 Å². The number of fused-ring (bicyclic) bond motifs is 5. The van der Waals surface area contributed by atoms with Crippen LogP contribution in [-0.2, 0) is 4.79 Å². The summed E-state index contributed by atoms with van der Waals surface area (Å²) >= 11 is 0. The van der Waals surface area contributed by atoms with E-state index in [0.29, 0.717) is 22.5 Å². The lowest BCUT2D eigenvalue weighted by atomic mass is 9.43. The average molecular weight is 317 g/mol. The average Bonchev–Trinajstić information content (AvgIpc) is 2.85. The van der Waals surface area contributed by atoms with Gasteiger partial charge in [-0.15, -0.1) is 0 Å². The quantitative estimate of drug-likeness (QED) is 0.591. The van der Waals surface area contributed by atoms with E-state index in [4.69, 9.17) is 0 Å². The number of hydrogen-bond donors (Lipinski definition) is 0. The Balaban J connectivity index is 1.67. The van der Waals surface area contributed by atoms with Crippen molar-refractivity contribution in [1.82, 2.24) is 0 Å². The minimum Gasteiger partial charge on any atom is -0.300 e. The molecule has 130 valence electrons. The van der Waals surface area contributed by atoms with Crippen molar-refractivity contribution >= 4 is 5.78 Å². The molecule has 0 spiro atoms. The molecule has 4 rings (SSSR count). The predicted molar refractivity (Wildman–Crippen MR) is 95.1 cm³/mol. The van der Waals surface area contributed by atoms with Crippen LogP contribution in [0.25, 0.3) is 0 Å². The van der Waals surface area contributed by atoms with Crippen molar-refractivity contribution in [2.24, 2.45) is 46.3 Å². The monoisotopic (exact) mass is 316 g/mol. The zero-order valence-corrected chi connectivity index (χ0v) is 15.7.